The average Bonchev–Trinajstić information content (AvgIpc) is 3.61. The van der Waals surface area contributed by atoms with Crippen molar-refractivity contribution in [2.45, 2.75) is 52.0 Å². The Bertz CT molecular complexity index is 2510. The molecule has 1 heterocycles. The molecular formula is C58H57N3. The smallest absolute Gasteiger partial charge is 0.0698 e. The molecule has 2 aliphatic carbocycles. The summed E-state index contributed by atoms with van der Waals surface area (Å²) in [5, 5.41) is 5.27. The number of hydrogen-bond acceptors (Lipinski definition) is 2. The van der Waals surface area contributed by atoms with Crippen LogP contribution in [0.1, 0.15) is 59.3 Å². The first-order valence-corrected chi connectivity index (χ1v) is 21.2. The number of hydrogen-bond donors (Lipinski definition) is 0. The van der Waals surface area contributed by atoms with Gasteiger partial charge >= 0.3 is 0 Å². The monoisotopic (exact) mass is 795 g/mol. The van der Waals surface area contributed by atoms with Crippen molar-refractivity contribution < 1.29 is 0 Å². The minimum atomic E-state index is 0.207. The molecule has 2 aliphatic rings. The van der Waals surface area contributed by atoms with E-state index in [-0.39, 0.29) is 5.92 Å². The van der Waals surface area contributed by atoms with E-state index < -0.39 is 0 Å². The van der Waals surface area contributed by atoms with Gasteiger partial charge in [-0.05, 0) is 102 Å². The Labute approximate surface area is 364 Å². The minimum absolute atomic E-state index is 0.207. The minimum Gasteiger partial charge on any atom is -0.310 e. The van der Waals surface area contributed by atoms with E-state index in [1.807, 2.05) is 43.4 Å². The van der Waals surface area contributed by atoms with Crippen LogP contribution in [0, 0.1) is 25.2 Å². The van der Waals surface area contributed by atoms with Crippen LogP contribution in [0.25, 0.3) is 11.1 Å². The highest BCUT2D eigenvalue weighted by Crippen LogP contribution is 2.35. The van der Waals surface area contributed by atoms with Gasteiger partial charge in [0.1, 0.15) is 0 Å². The molecule has 0 amide bonds. The Morgan fingerprint density at radius 1 is 0.885 bits per heavy atom. The molecule has 0 radical (unpaired) electrons. The Hall–Kier alpha value is -7.15. The van der Waals surface area contributed by atoms with Crippen molar-refractivity contribution in [3.63, 3.8) is 0 Å². The summed E-state index contributed by atoms with van der Waals surface area (Å²) in [4.78, 5) is 2.21. The molecule has 0 saturated heterocycles. The van der Waals surface area contributed by atoms with Crippen molar-refractivity contribution in [3.05, 3.63) is 265 Å². The van der Waals surface area contributed by atoms with Gasteiger partial charge in [-0.15, -0.1) is 13.0 Å². The van der Waals surface area contributed by atoms with Crippen molar-refractivity contribution >= 4 is 16.8 Å². The lowest BCUT2D eigenvalue weighted by Gasteiger charge is -2.28. The summed E-state index contributed by atoms with van der Waals surface area (Å²) in [5.41, 5.74) is 13.1. The largest absolute Gasteiger partial charge is 0.310 e. The molecule has 0 saturated carbocycles. The number of allylic oxidation sites excluding steroid dienone is 21. The van der Waals surface area contributed by atoms with Gasteiger partial charge < -0.3 is 4.90 Å². The number of benzene rings is 3. The fourth-order valence-electron chi connectivity index (χ4n) is 7.92. The normalized spacial score (nSPS) is 17.1. The molecule has 0 fully saturated rings. The lowest BCUT2D eigenvalue weighted by molar-refractivity contribution is 0.658. The van der Waals surface area contributed by atoms with Crippen LogP contribution in [0.4, 0.5) is 5.69 Å². The number of aromatic nitrogens is 2. The maximum atomic E-state index is 6.14. The molecule has 4 aromatic rings. The third-order valence-electron chi connectivity index (χ3n) is 11.0. The maximum Gasteiger partial charge on any atom is 0.0698 e. The molecule has 6 rings (SSSR count). The van der Waals surface area contributed by atoms with Crippen molar-refractivity contribution in [3.8, 4) is 12.3 Å². The molecular weight excluding hydrogens is 739 g/mol. The van der Waals surface area contributed by atoms with E-state index in [1.54, 1.807) is 0 Å². The highest BCUT2D eigenvalue weighted by molar-refractivity contribution is 5.78. The van der Waals surface area contributed by atoms with Crippen LogP contribution in [-0.4, -0.2) is 9.78 Å². The van der Waals surface area contributed by atoms with Gasteiger partial charge in [-0.2, -0.15) is 5.10 Å². The van der Waals surface area contributed by atoms with Crippen LogP contribution >= 0.6 is 0 Å². The zero-order chi connectivity index (χ0) is 42.8. The standard InChI is InChI=1S/C58H57N3/c1-7-24-47(25-8-2)44-60-58(56-35-22-21-29-48(56)10-4)45(6)57(59-60)36-23-34-54(26-9-3)61(55-41-39-51(40-42-55)49-30-17-13-18-31-49)53(11-5)43-52(50-32-19-14-20-33-50)38-37-46-27-15-12-16-28-46/h3,7-8,10-28,30,32-35,38-43,48-49H,1,4-5,29,31,36-37,44H2,2,6H3/b25-8-,34-23-,47-24+,52-38+,53-43+,54-26+/t48-,49-/m0/s1. The average molecular weight is 796 g/mol. The number of terminal acetylenes is 1. The third-order valence-corrected chi connectivity index (χ3v) is 11.0. The zero-order valence-electron chi connectivity index (χ0n) is 35.7. The van der Waals surface area contributed by atoms with E-state index >= 15 is 0 Å². The molecule has 0 N–H and O–H groups in total. The zero-order valence-corrected chi connectivity index (χ0v) is 35.7. The van der Waals surface area contributed by atoms with Crippen LogP contribution < -0.4 is 4.90 Å². The number of nitrogens with zero attached hydrogens (tertiary/aromatic N) is 3. The first-order chi connectivity index (χ1) is 30.0. The van der Waals surface area contributed by atoms with E-state index in [0.717, 1.165) is 70.0 Å². The molecule has 3 heteroatoms. The molecule has 0 unspecified atom stereocenters. The van der Waals surface area contributed by atoms with Crippen LogP contribution in [0.2, 0.25) is 0 Å². The maximum absolute atomic E-state index is 6.14. The number of anilines is 1. The van der Waals surface area contributed by atoms with Crippen LogP contribution in [0.5, 0.6) is 0 Å². The Morgan fingerprint density at radius 3 is 2.31 bits per heavy atom. The van der Waals surface area contributed by atoms with E-state index in [4.69, 9.17) is 11.5 Å². The quantitative estimate of drug-likeness (QED) is 0.0568. The van der Waals surface area contributed by atoms with Gasteiger partial charge in [-0.3, -0.25) is 4.68 Å². The highest BCUT2D eigenvalue weighted by atomic mass is 15.3. The van der Waals surface area contributed by atoms with Crippen LogP contribution in [-0.2, 0) is 19.4 Å². The van der Waals surface area contributed by atoms with E-state index in [1.165, 1.54) is 16.7 Å². The van der Waals surface area contributed by atoms with Gasteiger partial charge in [-0.1, -0.05) is 177 Å². The summed E-state index contributed by atoms with van der Waals surface area (Å²) >= 11 is 0. The molecule has 3 nitrogen and oxygen atoms in total. The second-order valence-electron chi connectivity index (χ2n) is 15.1. The van der Waals surface area contributed by atoms with Crippen molar-refractivity contribution in [2.24, 2.45) is 5.92 Å². The molecule has 2 atom stereocenters. The Balaban J connectivity index is 1.43. The molecule has 3 aromatic carbocycles. The predicted molar refractivity (Wildman–Crippen MR) is 263 cm³/mol. The first kappa shape index (κ1) is 43.4. The van der Waals surface area contributed by atoms with Gasteiger partial charge in [-0.25, -0.2) is 0 Å². The van der Waals surface area contributed by atoms with E-state index in [9.17, 15) is 0 Å². The summed E-state index contributed by atoms with van der Waals surface area (Å²) in [6.45, 7) is 17.3. The van der Waals surface area contributed by atoms with Gasteiger partial charge in [0.05, 0.1) is 23.6 Å². The highest BCUT2D eigenvalue weighted by Gasteiger charge is 2.23. The van der Waals surface area contributed by atoms with Gasteiger partial charge in [0.25, 0.3) is 0 Å². The van der Waals surface area contributed by atoms with E-state index in [0.29, 0.717) is 18.9 Å². The Kier molecular flexibility index (Phi) is 15.9. The molecule has 0 bridgehead atoms. The van der Waals surface area contributed by atoms with Gasteiger partial charge in [0.2, 0.25) is 0 Å². The molecule has 304 valence electrons. The summed E-state index contributed by atoms with van der Waals surface area (Å²) < 4.78 is 2.14. The summed E-state index contributed by atoms with van der Waals surface area (Å²) in [6.07, 6.45) is 47.4. The summed E-state index contributed by atoms with van der Waals surface area (Å²) in [6, 6.07) is 29.9. The second-order valence-corrected chi connectivity index (χ2v) is 15.1. The summed E-state index contributed by atoms with van der Waals surface area (Å²) in [5.74, 6) is 3.40. The molecule has 1 aromatic heterocycles. The lowest BCUT2D eigenvalue weighted by Crippen LogP contribution is -2.20. The fraction of sp³-hybridized carbons (Fsp3) is 0.155. The fourth-order valence-corrected chi connectivity index (χ4v) is 7.92. The van der Waals surface area contributed by atoms with Crippen LogP contribution in [0.15, 0.2) is 231 Å². The van der Waals surface area contributed by atoms with Gasteiger partial charge in [0.15, 0.2) is 0 Å². The van der Waals surface area contributed by atoms with Crippen molar-refractivity contribution in [1.82, 2.24) is 9.78 Å². The predicted octanol–water partition coefficient (Wildman–Crippen LogP) is 14.1. The second kappa shape index (κ2) is 22.3. The lowest BCUT2D eigenvalue weighted by atomic mass is 9.87. The van der Waals surface area contributed by atoms with E-state index in [2.05, 4.69) is 200 Å². The first-order valence-electron chi connectivity index (χ1n) is 21.2. The molecule has 61 heavy (non-hydrogen) atoms. The summed E-state index contributed by atoms with van der Waals surface area (Å²) in [7, 11) is 0. The number of rotatable bonds is 18. The van der Waals surface area contributed by atoms with Gasteiger partial charge in [0, 0.05) is 35.7 Å². The van der Waals surface area contributed by atoms with Crippen molar-refractivity contribution in [2.75, 3.05) is 4.90 Å². The SMILES string of the molecule is C#C/C=C(\C=C/Cc1nn(CC(/C=C\C)=C/C=C)c(C2=CC=CC[C@@H]2C=C)c1C)N(/C(C=C)=C/C(=C\Cc1ccccc1)c1ccccc1)c1ccc([C@H]2C=CC=CC2)cc1. The molecule has 0 spiro atoms. The third kappa shape index (κ3) is 11.3. The topological polar surface area (TPSA) is 21.1 Å². The van der Waals surface area contributed by atoms with Crippen LogP contribution in [0.3, 0.4) is 0 Å². The molecule has 0 aliphatic heterocycles. The Morgan fingerprint density at radius 2 is 1.64 bits per heavy atom. The van der Waals surface area contributed by atoms with Crippen molar-refractivity contribution in [1.29, 1.82) is 0 Å².